The number of nitrogens with two attached hydrogens (primary N) is 1. The van der Waals surface area contributed by atoms with Crippen LogP contribution < -0.4 is 5.73 Å². The van der Waals surface area contributed by atoms with Crippen LogP contribution in [0.15, 0.2) is 12.7 Å². The molecule has 36 heavy (non-hydrogen) atoms. The van der Waals surface area contributed by atoms with Gasteiger partial charge >= 0.3 is 15.6 Å². The fourth-order valence-electron chi connectivity index (χ4n) is 3.87. The molecule has 2 aliphatic rings. The van der Waals surface area contributed by atoms with Gasteiger partial charge in [-0.3, -0.25) is 13.6 Å². The molecule has 0 amide bonds. The molecule has 19 nitrogen and oxygen atoms in total. The first-order valence-electron chi connectivity index (χ1n) is 10.1. The topological polar surface area (TPSA) is 292 Å². The second-order valence-corrected chi connectivity index (χ2v) is 10.2. The first kappa shape index (κ1) is 27.4. The van der Waals surface area contributed by atoms with Gasteiger partial charge in [-0.25, -0.2) is 24.1 Å². The molecule has 9 N–H and O–H groups in total. The number of hydrogen-bond acceptors (Lipinski definition) is 14. The van der Waals surface area contributed by atoms with E-state index in [0.717, 1.165) is 17.2 Å². The molecule has 202 valence electrons. The van der Waals surface area contributed by atoms with Crippen molar-refractivity contribution in [2.24, 2.45) is 0 Å². The Morgan fingerprint density at radius 3 is 2.25 bits per heavy atom. The Hall–Kier alpha value is -1.67. The number of ether oxygens (including phenoxy) is 3. The molecular weight excluding hydrogens is 536 g/mol. The minimum Gasteiger partial charge on any atom is -0.394 e. The molecule has 0 spiro atoms. The van der Waals surface area contributed by atoms with Crippen LogP contribution in [0.3, 0.4) is 0 Å². The summed E-state index contributed by atoms with van der Waals surface area (Å²) in [5.41, 5.74) is 5.89. The summed E-state index contributed by atoms with van der Waals surface area (Å²) >= 11 is 0. The second kappa shape index (κ2) is 10.2. The molecule has 2 aromatic rings. The van der Waals surface area contributed by atoms with Crippen molar-refractivity contribution >= 4 is 32.6 Å². The van der Waals surface area contributed by atoms with Gasteiger partial charge in [0.05, 0.1) is 19.5 Å². The van der Waals surface area contributed by atoms with E-state index in [9.17, 15) is 44.0 Å². The number of aliphatic hydroxyl groups is 3. The molecule has 4 heterocycles. The fraction of sp³-hybridized carbons (Fsp3) is 0.667. The zero-order valence-electron chi connectivity index (χ0n) is 17.9. The van der Waals surface area contributed by atoms with E-state index in [1.165, 1.54) is 0 Å². The Morgan fingerprint density at radius 2 is 1.64 bits per heavy atom. The third-order valence-electron chi connectivity index (χ3n) is 5.39. The monoisotopic (exact) mass is 559 g/mol. The van der Waals surface area contributed by atoms with Gasteiger partial charge in [0.2, 0.25) is 0 Å². The number of anilines is 1. The van der Waals surface area contributed by atoms with Crippen LogP contribution in [0.25, 0.3) is 11.2 Å². The first-order chi connectivity index (χ1) is 16.8. The van der Waals surface area contributed by atoms with Crippen molar-refractivity contribution in [2.75, 3.05) is 18.9 Å². The quantitative estimate of drug-likeness (QED) is 0.140. The van der Waals surface area contributed by atoms with Crippen molar-refractivity contribution in [1.82, 2.24) is 19.5 Å². The van der Waals surface area contributed by atoms with Crippen LogP contribution in [0.5, 0.6) is 0 Å². The Labute approximate surface area is 200 Å². The van der Waals surface area contributed by atoms with Crippen LogP contribution in [0, 0.1) is 0 Å². The van der Waals surface area contributed by atoms with E-state index in [4.69, 9.17) is 29.0 Å². The van der Waals surface area contributed by atoms with E-state index in [0.29, 0.717) is 0 Å². The van der Waals surface area contributed by atoms with Gasteiger partial charge in [0, 0.05) is 0 Å². The lowest BCUT2D eigenvalue weighted by Crippen LogP contribution is -2.39. The molecule has 2 aliphatic heterocycles. The predicted molar refractivity (Wildman–Crippen MR) is 111 cm³/mol. The van der Waals surface area contributed by atoms with E-state index < -0.39 is 78.0 Å². The lowest BCUT2D eigenvalue weighted by Gasteiger charge is -2.25. The van der Waals surface area contributed by atoms with Gasteiger partial charge in [-0.15, -0.1) is 0 Å². The van der Waals surface area contributed by atoms with E-state index in [2.05, 4.69) is 15.0 Å². The smallest absolute Gasteiger partial charge is 0.394 e. The summed E-state index contributed by atoms with van der Waals surface area (Å²) < 4.78 is 50.4. The minimum atomic E-state index is -5.29. The summed E-state index contributed by atoms with van der Waals surface area (Å²) in [5.74, 6) is -0.0310. The third kappa shape index (κ3) is 5.74. The maximum Gasteiger partial charge on any atom is 0.470 e. The van der Waals surface area contributed by atoms with Gasteiger partial charge in [-0.05, 0) is 0 Å². The molecule has 21 heteroatoms. The Balaban J connectivity index is 1.66. The molecule has 2 aromatic heterocycles. The number of aliphatic hydroxyl groups excluding tert-OH is 3. The summed E-state index contributed by atoms with van der Waals surface area (Å²) in [6.07, 6.45) is -10.3. The summed E-state index contributed by atoms with van der Waals surface area (Å²) in [5, 5.41) is 29.1. The molecule has 0 bridgehead atoms. The highest BCUT2D eigenvalue weighted by Crippen LogP contribution is 2.50. The van der Waals surface area contributed by atoms with Crippen molar-refractivity contribution in [3.05, 3.63) is 12.7 Å². The van der Waals surface area contributed by atoms with Crippen LogP contribution in [-0.4, -0.2) is 111 Å². The normalized spacial score (nSPS) is 33.5. The highest BCUT2D eigenvalue weighted by molar-refractivity contribution is 7.46. The van der Waals surface area contributed by atoms with E-state index >= 15 is 0 Å². The molecular formula is C15H23N5O14P2. The SMILES string of the molecule is Nc1ncnc2c1ncn2[C@@H]1O[C@H](COC2O[C@H](CO)[C@@H](O)[C@H]2O)[C@@H](OP(=O)(O)O)[C@H]1OP(=O)(O)O. The summed E-state index contributed by atoms with van der Waals surface area (Å²) in [7, 11) is -10.6. The maximum absolute atomic E-state index is 11.7. The number of imidazole rings is 1. The van der Waals surface area contributed by atoms with Crippen LogP contribution in [0.1, 0.15) is 6.23 Å². The largest absolute Gasteiger partial charge is 0.470 e. The molecule has 0 aromatic carbocycles. The molecule has 8 atom stereocenters. The van der Waals surface area contributed by atoms with E-state index in [1.54, 1.807) is 0 Å². The summed E-state index contributed by atoms with van der Waals surface area (Å²) in [6.45, 7) is -1.28. The average Bonchev–Trinajstić information content (AvgIpc) is 3.41. The fourth-order valence-corrected chi connectivity index (χ4v) is 4.99. The number of aromatic nitrogens is 4. The Morgan fingerprint density at radius 1 is 0.972 bits per heavy atom. The number of nitrogen functional groups attached to an aromatic ring is 1. The molecule has 1 unspecified atom stereocenters. The lowest BCUT2D eigenvalue weighted by molar-refractivity contribution is -0.190. The predicted octanol–water partition coefficient (Wildman–Crippen LogP) is -3.28. The zero-order valence-corrected chi connectivity index (χ0v) is 19.7. The van der Waals surface area contributed by atoms with Gasteiger partial charge in [0.25, 0.3) is 0 Å². The van der Waals surface area contributed by atoms with Crippen LogP contribution in [0.2, 0.25) is 0 Å². The number of hydrogen-bond donors (Lipinski definition) is 8. The summed E-state index contributed by atoms with van der Waals surface area (Å²) in [6, 6.07) is 0. The lowest BCUT2D eigenvalue weighted by atomic mass is 10.1. The highest BCUT2D eigenvalue weighted by atomic mass is 31.2. The minimum absolute atomic E-state index is 0.0310. The maximum atomic E-state index is 11.7. The zero-order chi connectivity index (χ0) is 26.4. The first-order valence-corrected chi connectivity index (χ1v) is 13.2. The van der Waals surface area contributed by atoms with Crippen LogP contribution in [-0.2, 0) is 32.4 Å². The third-order valence-corrected chi connectivity index (χ3v) is 6.42. The second-order valence-electron chi connectivity index (χ2n) is 7.81. The Kier molecular flexibility index (Phi) is 7.78. The van der Waals surface area contributed by atoms with Crippen molar-refractivity contribution in [2.45, 2.75) is 49.1 Å². The molecule has 2 fully saturated rings. The van der Waals surface area contributed by atoms with Gasteiger partial charge in [-0.2, -0.15) is 0 Å². The van der Waals surface area contributed by atoms with Crippen molar-refractivity contribution in [1.29, 1.82) is 0 Å². The standard InChI is InChI=1S/C15H23N5O14P2/c16-12-7-13(18-3-17-12)20(4-19-7)14-11(34-36(27,28)29)10(33-35(24,25)26)6(31-14)2-30-15-9(23)8(22)5(1-21)32-15/h3-6,8-11,14-15,21-23H,1-2H2,(H2,16,17,18)(H2,24,25,26)(H2,27,28,29)/t5-,6-,8-,9-,10-,11-,14-,15?/m1/s1. The van der Waals surface area contributed by atoms with Gasteiger partial charge in [0.1, 0.15) is 48.5 Å². The summed E-state index contributed by atoms with van der Waals surface area (Å²) in [4.78, 5) is 49.5. The molecule has 0 saturated carbocycles. The van der Waals surface area contributed by atoms with Crippen LogP contribution in [0.4, 0.5) is 5.82 Å². The number of fused-ring (bicyclic) bond motifs is 1. The van der Waals surface area contributed by atoms with Gasteiger partial charge in [-0.1, -0.05) is 0 Å². The van der Waals surface area contributed by atoms with Gasteiger partial charge < -0.3 is 54.8 Å². The highest BCUT2D eigenvalue weighted by Gasteiger charge is 2.53. The van der Waals surface area contributed by atoms with E-state index in [-0.39, 0.29) is 17.0 Å². The number of phosphoric acid groups is 2. The molecule has 0 aliphatic carbocycles. The number of nitrogens with zero attached hydrogens (tertiary/aromatic N) is 4. The van der Waals surface area contributed by atoms with Crippen molar-refractivity contribution in [3.63, 3.8) is 0 Å². The van der Waals surface area contributed by atoms with E-state index in [1.807, 2.05) is 0 Å². The van der Waals surface area contributed by atoms with Crippen LogP contribution >= 0.6 is 15.6 Å². The molecule has 4 rings (SSSR count). The number of phosphoric ester groups is 2. The molecule has 2 saturated heterocycles. The van der Waals surface area contributed by atoms with Crippen molar-refractivity contribution < 1.29 is 67.3 Å². The van der Waals surface area contributed by atoms with Gasteiger partial charge in [0.15, 0.2) is 24.0 Å². The number of rotatable bonds is 9. The Bertz CT molecular complexity index is 1170. The average molecular weight is 559 g/mol. The molecule has 0 radical (unpaired) electrons. The van der Waals surface area contributed by atoms with Crippen molar-refractivity contribution in [3.8, 4) is 0 Å².